The van der Waals surface area contributed by atoms with Gasteiger partial charge in [0.2, 0.25) is 0 Å². The van der Waals surface area contributed by atoms with Crippen LogP contribution in [0.25, 0.3) is 0 Å². The third-order valence-electron chi connectivity index (χ3n) is 4.88. The molecule has 148 valence electrons. The topological polar surface area (TPSA) is 78.8 Å². The Balaban J connectivity index is 1.54. The van der Waals surface area contributed by atoms with Gasteiger partial charge in [0.05, 0.1) is 17.4 Å². The lowest BCUT2D eigenvalue weighted by atomic mass is 9.98. The van der Waals surface area contributed by atoms with Gasteiger partial charge in [-0.25, -0.2) is 8.42 Å². The molecule has 1 unspecified atom stereocenters. The van der Waals surface area contributed by atoms with E-state index in [4.69, 9.17) is 0 Å². The van der Waals surface area contributed by atoms with Gasteiger partial charge >= 0.3 is 0 Å². The maximum Gasteiger partial charge on any atom is 0.256 e. The number of hydrogen-bond acceptors (Lipinski definition) is 4. The molecule has 2 aromatic carbocycles. The summed E-state index contributed by atoms with van der Waals surface area (Å²) in [5.74, 6) is 0.0753. The van der Waals surface area contributed by atoms with Crippen molar-refractivity contribution in [2.24, 2.45) is 4.40 Å². The smallest absolute Gasteiger partial charge is 0.256 e. The number of fused-ring (bicyclic) bond motifs is 1. The molecule has 7 heteroatoms. The van der Waals surface area contributed by atoms with Gasteiger partial charge in [-0.3, -0.25) is 4.79 Å². The molecule has 0 fully saturated rings. The monoisotopic (exact) mass is 407 g/mol. The highest BCUT2D eigenvalue weighted by atomic mass is 32.2. The van der Waals surface area contributed by atoms with E-state index in [-0.39, 0.29) is 24.2 Å². The highest BCUT2D eigenvalue weighted by molar-refractivity contribution is 7.90. The molecule has 0 aliphatic carbocycles. The summed E-state index contributed by atoms with van der Waals surface area (Å²) in [5, 5.41) is 3.12. The Morgan fingerprint density at radius 3 is 2.45 bits per heavy atom. The average molecular weight is 407 g/mol. The van der Waals surface area contributed by atoms with Crippen molar-refractivity contribution >= 4 is 21.8 Å². The van der Waals surface area contributed by atoms with Crippen molar-refractivity contribution in [3.8, 4) is 0 Å². The summed E-state index contributed by atoms with van der Waals surface area (Å²) in [4.78, 5) is 14.7. The van der Waals surface area contributed by atoms with Crippen LogP contribution in [0.1, 0.15) is 17.2 Å². The molecule has 2 heterocycles. The van der Waals surface area contributed by atoms with Gasteiger partial charge in [-0.05, 0) is 29.7 Å². The SMILES string of the molecule is O=C(NC(Cc1ccccc1)c1ccccc1)C1=CN2CCS(=O)(=O)N=C2C=C1. The molecule has 2 aromatic rings. The summed E-state index contributed by atoms with van der Waals surface area (Å²) in [6.45, 7) is 0.286. The molecule has 6 nitrogen and oxygen atoms in total. The number of carbonyl (C=O) groups is 1. The fourth-order valence-corrected chi connectivity index (χ4v) is 4.33. The van der Waals surface area contributed by atoms with Crippen LogP contribution < -0.4 is 5.32 Å². The van der Waals surface area contributed by atoms with Gasteiger partial charge in [-0.15, -0.1) is 4.40 Å². The second-order valence-electron chi connectivity index (χ2n) is 6.97. The maximum atomic E-state index is 13.0. The Hall–Kier alpha value is -3.19. The molecule has 4 rings (SSSR count). The molecule has 0 saturated heterocycles. The largest absolute Gasteiger partial charge is 0.345 e. The van der Waals surface area contributed by atoms with Crippen molar-refractivity contribution < 1.29 is 13.2 Å². The lowest BCUT2D eigenvalue weighted by Crippen LogP contribution is -2.38. The lowest BCUT2D eigenvalue weighted by Gasteiger charge is -2.27. The molecule has 1 N–H and O–H groups in total. The maximum absolute atomic E-state index is 13.0. The zero-order valence-corrected chi connectivity index (χ0v) is 16.5. The van der Waals surface area contributed by atoms with E-state index in [1.54, 1.807) is 23.3 Å². The first-order valence-electron chi connectivity index (χ1n) is 9.39. The fraction of sp³-hybridized carbons (Fsp3) is 0.182. The number of amidine groups is 1. The molecule has 0 spiro atoms. The summed E-state index contributed by atoms with van der Waals surface area (Å²) in [6, 6.07) is 19.7. The van der Waals surface area contributed by atoms with Crippen LogP contribution in [-0.2, 0) is 21.2 Å². The average Bonchev–Trinajstić information content (AvgIpc) is 2.73. The Bertz CT molecular complexity index is 1090. The van der Waals surface area contributed by atoms with Crippen molar-refractivity contribution in [3.05, 3.63) is 95.7 Å². The molecule has 0 radical (unpaired) electrons. The molecule has 1 atom stereocenters. The van der Waals surface area contributed by atoms with Gasteiger partial charge in [0.1, 0.15) is 5.84 Å². The molecule has 2 aliphatic rings. The second kappa shape index (κ2) is 8.05. The molecule has 0 saturated carbocycles. The first kappa shape index (κ1) is 19.1. The molecule has 0 bridgehead atoms. The summed E-state index contributed by atoms with van der Waals surface area (Å²) < 4.78 is 27.0. The number of benzene rings is 2. The second-order valence-corrected chi connectivity index (χ2v) is 8.73. The molecule has 2 aliphatic heterocycles. The van der Waals surface area contributed by atoms with E-state index in [0.717, 1.165) is 11.1 Å². The molecular weight excluding hydrogens is 386 g/mol. The van der Waals surface area contributed by atoms with E-state index in [0.29, 0.717) is 17.8 Å². The zero-order valence-electron chi connectivity index (χ0n) is 15.7. The summed E-state index contributed by atoms with van der Waals surface area (Å²) >= 11 is 0. The minimum atomic E-state index is -3.42. The van der Waals surface area contributed by atoms with Gasteiger partial charge < -0.3 is 10.2 Å². The van der Waals surface area contributed by atoms with E-state index in [1.165, 1.54) is 0 Å². The third-order valence-corrected chi connectivity index (χ3v) is 6.04. The predicted molar refractivity (Wildman–Crippen MR) is 113 cm³/mol. The minimum Gasteiger partial charge on any atom is -0.345 e. The van der Waals surface area contributed by atoms with Crippen LogP contribution in [0.15, 0.2) is 89.0 Å². The van der Waals surface area contributed by atoms with Crippen LogP contribution in [0, 0.1) is 0 Å². The molecule has 29 heavy (non-hydrogen) atoms. The van der Waals surface area contributed by atoms with Crippen LogP contribution in [0.4, 0.5) is 0 Å². The zero-order chi connectivity index (χ0) is 20.3. The van der Waals surface area contributed by atoms with Crippen molar-refractivity contribution in [3.63, 3.8) is 0 Å². The van der Waals surface area contributed by atoms with E-state index in [1.807, 2.05) is 60.7 Å². The number of nitrogens with one attached hydrogen (secondary N) is 1. The third kappa shape index (κ3) is 4.63. The van der Waals surface area contributed by atoms with E-state index in [9.17, 15) is 13.2 Å². The first-order chi connectivity index (χ1) is 14.0. The van der Waals surface area contributed by atoms with Crippen LogP contribution >= 0.6 is 0 Å². The first-order valence-corrected chi connectivity index (χ1v) is 11.0. The van der Waals surface area contributed by atoms with Crippen LogP contribution in [0.3, 0.4) is 0 Å². The van der Waals surface area contributed by atoms with Crippen LogP contribution in [-0.4, -0.2) is 37.4 Å². The number of carbonyl (C=O) groups excluding carboxylic acids is 1. The van der Waals surface area contributed by atoms with Gasteiger partial charge in [0.15, 0.2) is 0 Å². The van der Waals surface area contributed by atoms with Gasteiger partial charge in [0, 0.05) is 12.7 Å². The summed E-state index contributed by atoms with van der Waals surface area (Å²) in [7, 11) is -3.42. The van der Waals surface area contributed by atoms with E-state index < -0.39 is 10.0 Å². The van der Waals surface area contributed by atoms with Crippen molar-refractivity contribution in [1.82, 2.24) is 10.2 Å². The standard InChI is InChI=1S/C22H21N3O3S/c26-22(19-11-12-21-24-29(27,28)14-13-25(21)16-19)23-20(18-9-5-2-6-10-18)15-17-7-3-1-4-8-17/h1-12,16,20H,13-15H2,(H,23,26). The highest BCUT2D eigenvalue weighted by Gasteiger charge is 2.26. The Morgan fingerprint density at radius 2 is 1.72 bits per heavy atom. The molecular formula is C22H21N3O3S. The lowest BCUT2D eigenvalue weighted by molar-refractivity contribution is -0.118. The Kier molecular flexibility index (Phi) is 5.31. The number of rotatable bonds is 5. The van der Waals surface area contributed by atoms with Crippen LogP contribution in [0.2, 0.25) is 0 Å². The van der Waals surface area contributed by atoms with Gasteiger partial charge in [0.25, 0.3) is 15.9 Å². The minimum absolute atomic E-state index is 0.0591. The summed E-state index contributed by atoms with van der Waals surface area (Å²) in [6.07, 6.45) is 5.51. The van der Waals surface area contributed by atoms with Crippen LogP contribution in [0.5, 0.6) is 0 Å². The van der Waals surface area contributed by atoms with Gasteiger partial charge in [-0.2, -0.15) is 0 Å². The summed E-state index contributed by atoms with van der Waals surface area (Å²) in [5.41, 5.74) is 2.62. The highest BCUT2D eigenvalue weighted by Crippen LogP contribution is 2.21. The Labute approximate surface area is 170 Å². The molecule has 1 amide bonds. The number of nitrogens with zero attached hydrogens (tertiary/aromatic N) is 2. The van der Waals surface area contributed by atoms with E-state index >= 15 is 0 Å². The number of sulfonamides is 1. The number of hydrogen-bond donors (Lipinski definition) is 1. The van der Waals surface area contributed by atoms with E-state index in [2.05, 4.69) is 9.71 Å². The Morgan fingerprint density at radius 1 is 1.03 bits per heavy atom. The van der Waals surface area contributed by atoms with Crippen molar-refractivity contribution in [2.45, 2.75) is 12.5 Å². The molecule has 0 aromatic heterocycles. The quantitative estimate of drug-likeness (QED) is 0.826. The predicted octanol–water partition coefficient (Wildman–Crippen LogP) is 2.58. The van der Waals surface area contributed by atoms with Crippen molar-refractivity contribution in [2.75, 3.05) is 12.3 Å². The fourth-order valence-electron chi connectivity index (χ4n) is 3.36. The van der Waals surface area contributed by atoms with Gasteiger partial charge in [-0.1, -0.05) is 60.7 Å². The number of amides is 1. The van der Waals surface area contributed by atoms with Crippen molar-refractivity contribution in [1.29, 1.82) is 0 Å². The normalized spacial score (nSPS) is 18.3.